The molecule has 0 aliphatic rings. The average molecular weight is 472 g/mol. The maximum absolute atomic E-state index is 12.9. The molecule has 7 nitrogen and oxygen atoms in total. The van der Waals surface area contributed by atoms with E-state index in [1.807, 2.05) is 19.1 Å². The molecule has 3 aromatic carbocycles. The molecule has 174 valence electrons. The van der Waals surface area contributed by atoms with E-state index >= 15 is 0 Å². The van der Waals surface area contributed by atoms with Crippen LogP contribution in [-0.2, 0) is 11.2 Å². The predicted octanol–water partition coefficient (Wildman–Crippen LogP) is 5.74. The van der Waals surface area contributed by atoms with Crippen molar-refractivity contribution < 1.29 is 28.5 Å². The van der Waals surface area contributed by atoms with Crippen molar-refractivity contribution in [1.82, 2.24) is 0 Å². The van der Waals surface area contributed by atoms with Crippen LogP contribution >= 0.6 is 11.6 Å². The third-order valence-electron chi connectivity index (χ3n) is 4.71. The van der Waals surface area contributed by atoms with Gasteiger partial charge in [0.15, 0.2) is 17.2 Å². The van der Waals surface area contributed by atoms with E-state index < -0.39 is 0 Å². The van der Waals surface area contributed by atoms with Crippen LogP contribution in [0.5, 0.6) is 34.5 Å². The number of methoxy groups -OCH3 is 3. The van der Waals surface area contributed by atoms with Crippen molar-refractivity contribution >= 4 is 23.2 Å². The van der Waals surface area contributed by atoms with Gasteiger partial charge < -0.3 is 29.0 Å². The first-order valence-electron chi connectivity index (χ1n) is 10.3. The number of nitrogens with one attached hydrogen (secondary N) is 1. The number of hydrogen-bond acceptors (Lipinski definition) is 6. The number of benzene rings is 3. The second kappa shape index (κ2) is 11.3. The molecule has 1 amide bonds. The highest BCUT2D eigenvalue weighted by molar-refractivity contribution is 6.31. The first-order chi connectivity index (χ1) is 16.0. The van der Waals surface area contributed by atoms with Gasteiger partial charge in [-0.15, -0.1) is 0 Å². The van der Waals surface area contributed by atoms with Crippen molar-refractivity contribution in [2.24, 2.45) is 0 Å². The Morgan fingerprint density at radius 1 is 0.848 bits per heavy atom. The lowest BCUT2D eigenvalue weighted by atomic mass is 10.1. The van der Waals surface area contributed by atoms with Crippen LogP contribution in [0, 0.1) is 0 Å². The van der Waals surface area contributed by atoms with Crippen LogP contribution in [0.4, 0.5) is 5.69 Å². The van der Waals surface area contributed by atoms with Gasteiger partial charge in [0, 0.05) is 10.6 Å². The van der Waals surface area contributed by atoms with Crippen molar-refractivity contribution in [3.05, 3.63) is 65.2 Å². The van der Waals surface area contributed by atoms with E-state index in [9.17, 15) is 4.79 Å². The fourth-order valence-electron chi connectivity index (χ4n) is 3.26. The van der Waals surface area contributed by atoms with Gasteiger partial charge >= 0.3 is 0 Å². The van der Waals surface area contributed by atoms with Crippen LogP contribution < -0.4 is 29.0 Å². The Bertz CT molecular complexity index is 1100. The van der Waals surface area contributed by atoms with E-state index in [4.69, 9.17) is 35.3 Å². The highest BCUT2D eigenvalue weighted by atomic mass is 35.5. The molecule has 0 fully saturated rings. The topological polar surface area (TPSA) is 75.3 Å². The summed E-state index contributed by atoms with van der Waals surface area (Å²) in [4.78, 5) is 12.9. The van der Waals surface area contributed by atoms with Crippen molar-refractivity contribution in [2.75, 3.05) is 33.3 Å². The van der Waals surface area contributed by atoms with Crippen molar-refractivity contribution in [1.29, 1.82) is 0 Å². The largest absolute Gasteiger partial charge is 0.494 e. The summed E-state index contributed by atoms with van der Waals surface area (Å²) in [6.07, 6.45) is 0.0402. The SMILES string of the molecule is CCOc1ccc(Oc2ccc(Cl)cc2NC(=O)Cc2ccc(OC)c(OC)c2OC)cc1. The third kappa shape index (κ3) is 6.02. The van der Waals surface area contributed by atoms with Gasteiger partial charge in [-0.05, 0) is 55.5 Å². The summed E-state index contributed by atoms with van der Waals surface area (Å²) in [5.74, 6) is 2.89. The van der Waals surface area contributed by atoms with Gasteiger partial charge in [-0.25, -0.2) is 0 Å². The van der Waals surface area contributed by atoms with Crippen LogP contribution in [0.25, 0.3) is 0 Å². The molecule has 0 saturated heterocycles. The van der Waals surface area contributed by atoms with Crippen LogP contribution in [0.1, 0.15) is 12.5 Å². The van der Waals surface area contributed by atoms with Gasteiger partial charge in [0.25, 0.3) is 0 Å². The first-order valence-corrected chi connectivity index (χ1v) is 10.6. The molecule has 0 bridgehead atoms. The molecule has 1 N–H and O–H groups in total. The molecule has 0 aliphatic heterocycles. The molecule has 3 rings (SSSR count). The maximum atomic E-state index is 12.9. The van der Waals surface area contributed by atoms with E-state index in [-0.39, 0.29) is 12.3 Å². The molecule has 0 unspecified atom stereocenters. The highest BCUT2D eigenvalue weighted by Gasteiger charge is 2.19. The fourth-order valence-corrected chi connectivity index (χ4v) is 3.43. The van der Waals surface area contributed by atoms with Gasteiger partial charge in [-0.1, -0.05) is 17.7 Å². The lowest BCUT2D eigenvalue weighted by molar-refractivity contribution is -0.115. The smallest absolute Gasteiger partial charge is 0.229 e. The number of rotatable bonds is 10. The lowest BCUT2D eigenvalue weighted by Crippen LogP contribution is -2.15. The van der Waals surface area contributed by atoms with Gasteiger partial charge in [0.05, 0.1) is 40.0 Å². The molecule has 3 aromatic rings. The highest BCUT2D eigenvalue weighted by Crippen LogP contribution is 2.40. The molecule has 0 saturated carbocycles. The van der Waals surface area contributed by atoms with Gasteiger partial charge in [0.1, 0.15) is 11.5 Å². The number of carbonyl (C=O) groups is 1. The first kappa shape index (κ1) is 24.1. The summed E-state index contributed by atoms with van der Waals surface area (Å²) < 4.78 is 27.6. The van der Waals surface area contributed by atoms with Crippen molar-refractivity contribution in [3.63, 3.8) is 0 Å². The number of ether oxygens (including phenoxy) is 5. The zero-order valence-corrected chi connectivity index (χ0v) is 19.7. The van der Waals surface area contributed by atoms with Crippen LogP contribution in [0.3, 0.4) is 0 Å². The Morgan fingerprint density at radius 2 is 1.52 bits per heavy atom. The monoisotopic (exact) mass is 471 g/mol. The summed E-state index contributed by atoms with van der Waals surface area (Å²) >= 11 is 6.17. The summed E-state index contributed by atoms with van der Waals surface area (Å²) in [6.45, 7) is 2.50. The zero-order chi connectivity index (χ0) is 23.8. The molecular weight excluding hydrogens is 446 g/mol. The van der Waals surface area contributed by atoms with Crippen LogP contribution in [-0.4, -0.2) is 33.8 Å². The second-order valence-electron chi connectivity index (χ2n) is 6.87. The minimum Gasteiger partial charge on any atom is -0.494 e. The number of amides is 1. The standard InChI is InChI=1S/C25H26ClNO6/c1-5-32-18-8-10-19(11-9-18)33-21-13-7-17(26)15-20(21)27-23(28)14-16-6-12-22(29-2)25(31-4)24(16)30-3/h6-13,15H,5,14H2,1-4H3,(H,27,28). The summed E-state index contributed by atoms with van der Waals surface area (Å²) in [5, 5.41) is 3.33. The zero-order valence-electron chi connectivity index (χ0n) is 18.9. The third-order valence-corrected chi connectivity index (χ3v) is 4.95. The lowest BCUT2D eigenvalue weighted by Gasteiger charge is -2.16. The average Bonchev–Trinajstić information content (AvgIpc) is 2.81. The molecule has 0 heterocycles. The fraction of sp³-hybridized carbons (Fsp3) is 0.240. The molecular formula is C25H26ClNO6. The van der Waals surface area contributed by atoms with Crippen molar-refractivity contribution in [2.45, 2.75) is 13.3 Å². The maximum Gasteiger partial charge on any atom is 0.229 e. The van der Waals surface area contributed by atoms with E-state index in [1.165, 1.54) is 21.3 Å². The number of anilines is 1. The Kier molecular flexibility index (Phi) is 8.27. The number of hydrogen-bond donors (Lipinski definition) is 1. The summed E-state index contributed by atoms with van der Waals surface area (Å²) in [5.41, 5.74) is 1.09. The number of halogens is 1. The van der Waals surface area contributed by atoms with E-state index in [0.29, 0.717) is 51.6 Å². The normalized spacial score (nSPS) is 10.3. The minimum atomic E-state index is -0.278. The predicted molar refractivity (Wildman–Crippen MR) is 128 cm³/mol. The van der Waals surface area contributed by atoms with E-state index in [2.05, 4.69) is 5.32 Å². The Labute approximate surface area is 198 Å². The van der Waals surface area contributed by atoms with E-state index in [0.717, 1.165) is 5.75 Å². The summed E-state index contributed by atoms with van der Waals surface area (Å²) in [7, 11) is 4.56. The Balaban J connectivity index is 1.79. The molecule has 0 radical (unpaired) electrons. The second-order valence-corrected chi connectivity index (χ2v) is 7.30. The van der Waals surface area contributed by atoms with Crippen molar-refractivity contribution in [3.8, 4) is 34.5 Å². The van der Waals surface area contributed by atoms with Gasteiger partial charge in [-0.2, -0.15) is 0 Å². The van der Waals surface area contributed by atoms with Crippen LogP contribution in [0.15, 0.2) is 54.6 Å². The molecule has 8 heteroatoms. The quantitative estimate of drug-likeness (QED) is 0.406. The number of carbonyl (C=O) groups excluding carboxylic acids is 1. The molecule has 0 spiro atoms. The minimum absolute atomic E-state index is 0.0402. The van der Waals surface area contributed by atoms with E-state index in [1.54, 1.807) is 42.5 Å². The summed E-state index contributed by atoms with van der Waals surface area (Å²) in [6, 6.07) is 15.7. The molecule has 0 atom stereocenters. The molecule has 33 heavy (non-hydrogen) atoms. The van der Waals surface area contributed by atoms with Gasteiger partial charge in [0.2, 0.25) is 11.7 Å². The molecule has 0 aromatic heterocycles. The Morgan fingerprint density at radius 3 is 2.15 bits per heavy atom. The Hall–Kier alpha value is -3.58. The van der Waals surface area contributed by atoms with Gasteiger partial charge in [-0.3, -0.25) is 4.79 Å². The molecule has 0 aliphatic carbocycles. The van der Waals surface area contributed by atoms with Crippen LogP contribution in [0.2, 0.25) is 5.02 Å².